The van der Waals surface area contributed by atoms with Crippen molar-refractivity contribution in [3.63, 3.8) is 0 Å². The maximum Gasteiger partial charge on any atom is 0.417 e. The number of carbonyl (C=O) groups excluding carboxylic acids is 1. The number of rotatable bonds is 3. The summed E-state index contributed by atoms with van der Waals surface area (Å²) in [6, 6.07) is 7.58. The van der Waals surface area contributed by atoms with Crippen molar-refractivity contribution >= 4 is 5.97 Å². The molecule has 0 aromatic heterocycles. The Balaban J connectivity index is 2.73. The van der Waals surface area contributed by atoms with Crippen molar-refractivity contribution in [2.45, 2.75) is 12.3 Å². The van der Waals surface area contributed by atoms with E-state index in [1.807, 2.05) is 0 Å². The van der Waals surface area contributed by atoms with Gasteiger partial charge in [0.15, 0.2) is 0 Å². The van der Waals surface area contributed by atoms with E-state index in [9.17, 15) is 18.1 Å². The van der Waals surface area contributed by atoms with Crippen LogP contribution in [0.5, 0.6) is 0 Å². The van der Waals surface area contributed by atoms with Gasteiger partial charge in [0.05, 0.1) is 0 Å². The van der Waals surface area contributed by atoms with Crippen LogP contribution < -0.4 is 0 Å². The monoisotopic (exact) mass is 204 g/mol. The highest BCUT2D eigenvalue weighted by atomic mass is 19.3. The molecule has 0 aliphatic rings. The van der Waals surface area contributed by atoms with Gasteiger partial charge in [0.25, 0.3) is 0 Å². The highest BCUT2D eigenvalue weighted by molar-refractivity contribution is 5.77. The van der Waals surface area contributed by atoms with E-state index < -0.39 is 18.3 Å². The third-order valence-corrected chi connectivity index (χ3v) is 1.64. The van der Waals surface area contributed by atoms with Crippen LogP contribution >= 0.6 is 0 Å². The summed E-state index contributed by atoms with van der Waals surface area (Å²) in [5, 5.41) is 0. The molecule has 0 spiro atoms. The molecule has 0 bridgehead atoms. The second-order valence-corrected chi connectivity index (χ2v) is 2.73. The van der Waals surface area contributed by atoms with Crippen LogP contribution in [0.2, 0.25) is 0 Å². The van der Waals surface area contributed by atoms with Gasteiger partial charge < -0.3 is 0 Å². The number of alkyl halides is 2. The zero-order valence-corrected chi connectivity index (χ0v) is 7.04. The molecule has 1 aromatic carbocycles. The number of halogens is 3. The normalized spacial score (nSPS) is 11.1. The maximum absolute atomic E-state index is 12.8. The Morgan fingerprint density at radius 3 is 2.36 bits per heavy atom. The number of carbonyl (C=O) groups is 1. The van der Waals surface area contributed by atoms with Crippen LogP contribution in [-0.4, -0.2) is 11.9 Å². The molecule has 0 saturated heterocycles. The lowest BCUT2D eigenvalue weighted by atomic mass is 10.1. The summed E-state index contributed by atoms with van der Waals surface area (Å²) in [6.07, 6.45) is -0.864. The van der Waals surface area contributed by atoms with E-state index >= 15 is 0 Å². The van der Waals surface area contributed by atoms with E-state index in [1.54, 1.807) is 18.2 Å². The minimum Gasteiger partial charge on any atom is -0.248 e. The molecule has 0 heterocycles. The van der Waals surface area contributed by atoms with Crippen molar-refractivity contribution in [3.05, 3.63) is 35.9 Å². The quantitative estimate of drug-likeness (QED) is 0.755. The van der Waals surface area contributed by atoms with E-state index in [1.165, 1.54) is 12.1 Å². The summed E-state index contributed by atoms with van der Waals surface area (Å²) in [5.41, 5.74) is 0.239. The van der Waals surface area contributed by atoms with Crippen molar-refractivity contribution in [1.82, 2.24) is 0 Å². The standard InChI is InChI=1S/C9H7F3O2/c10-9(11,8(13)14-12)6-7-4-2-1-3-5-7/h1-5H,6H2. The van der Waals surface area contributed by atoms with Crippen LogP contribution in [0.3, 0.4) is 0 Å². The lowest BCUT2D eigenvalue weighted by molar-refractivity contribution is -0.211. The van der Waals surface area contributed by atoms with Crippen LogP contribution in [0, 0.1) is 0 Å². The first kappa shape index (κ1) is 10.6. The average Bonchev–Trinajstić information content (AvgIpc) is 2.17. The maximum atomic E-state index is 12.8. The van der Waals surface area contributed by atoms with Crippen molar-refractivity contribution in [2.75, 3.05) is 0 Å². The van der Waals surface area contributed by atoms with E-state index in [2.05, 4.69) is 4.94 Å². The van der Waals surface area contributed by atoms with Crippen molar-refractivity contribution in [3.8, 4) is 0 Å². The van der Waals surface area contributed by atoms with Crippen LogP contribution in [0.1, 0.15) is 5.56 Å². The first-order valence-electron chi connectivity index (χ1n) is 3.81. The van der Waals surface area contributed by atoms with Crippen LogP contribution in [-0.2, 0) is 16.2 Å². The Morgan fingerprint density at radius 2 is 1.86 bits per heavy atom. The first-order chi connectivity index (χ1) is 6.56. The van der Waals surface area contributed by atoms with Crippen LogP contribution in [0.25, 0.3) is 0 Å². The second-order valence-electron chi connectivity index (χ2n) is 2.73. The highest BCUT2D eigenvalue weighted by Gasteiger charge is 2.41. The third kappa shape index (κ3) is 2.48. The molecule has 0 amide bonds. The Hall–Kier alpha value is -1.52. The van der Waals surface area contributed by atoms with Crippen molar-refractivity contribution < 1.29 is 23.0 Å². The SMILES string of the molecule is O=C(OF)C(F)(F)Cc1ccccc1. The lowest BCUT2D eigenvalue weighted by Gasteiger charge is -2.10. The molecular formula is C9H7F3O2. The van der Waals surface area contributed by atoms with Gasteiger partial charge in [-0.25, -0.2) is 9.74 Å². The third-order valence-electron chi connectivity index (χ3n) is 1.64. The average molecular weight is 204 g/mol. The largest absolute Gasteiger partial charge is 0.417 e. The molecule has 0 unspecified atom stereocenters. The van der Waals surface area contributed by atoms with Crippen molar-refractivity contribution in [1.29, 1.82) is 0 Å². The van der Waals surface area contributed by atoms with Gasteiger partial charge in [-0.05, 0) is 5.56 Å². The predicted molar refractivity (Wildman–Crippen MR) is 42.3 cm³/mol. The predicted octanol–water partition coefficient (Wildman–Crippen LogP) is 2.29. The second kappa shape index (κ2) is 4.13. The smallest absolute Gasteiger partial charge is 0.248 e. The van der Waals surface area contributed by atoms with Gasteiger partial charge in [0.2, 0.25) is 0 Å². The van der Waals surface area contributed by atoms with E-state index in [-0.39, 0.29) is 5.56 Å². The molecule has 0 aliphatic carbocycles. The zero-order valence-electron chi connectivity index (χ0n) is 7.04. The Bertz CT molecular complexity index is 311. The molecule has 0 atom stereocenters. The topological polar surface area (TPSA) is 26.3 Å². The van der Waals surface area contributed by atoms with Gasteiger partial charge in [-0.3, -0.25) is 0 Å². The fourth-order valence-corrected chi connectivity index (χ4v) is 0.981. The molecule has 1 aromatic rings. The Morgan fingerprint density at radius 1 is 1.29 bits per heavy atom. The van der Waals surface area contributed by atoms with E-state index in [0.717, 1.165) is 0 Å². The fourth-order valence-electron chi connectivity index (χ4n) is 0.981. The summed E-state index contributed by atoms with van der Waals surface area (Å²) < 4.78 is 36.8. The molecule has 5 heteroatoms. The van der Waals surface area contributed by atoms with Gasteiger partial charge in [0, 0.05) is 10.9 Å². The molecule has 0 fully saturated rings. The highest BCUT2D eigenvalue weighted by Crippen LogP contribution is 2.21. The summed E-state index contributed by atoms with van der Waals surface area (Å²) in [6.45, 7) is 0. The number of benzene rings is 1. The minimum atomic E-state index is -3.82. The lowest BCUT2D eigenvalue weighted by Crippen LogP contribution is -2.31. The van der Waals surface area contributed by atoms with Crippen LogP contribution in [0.15, 0.2) is 30.3 Å². The van der Waals surface area contributed by atoms with Gasteiger partial charge in [-0.1, -0.05) is 30.3 Å². The molecule has 0 aliphatic heterocycles. The van der Waals surface area contributed by atoms with E-state index in [4.69, 9.17) is 0 Å². The Labute approximate surface area is 78.2 Å². The van der Waals surface area contributed by atoms with Gasteiger partial charge in [0.1, 0.15) is 0 Å². The zero-order chi connectivity index (χ0) is 10.6. The fraction of sp³-hybridized carbons (Fsp3) is 0.222. The molecule has 2 nitrogen and oxygen atoms in total. The molecule has 0 N–H and O–H groups in total. The van der Waals surface area contributed by atoms with Gasteiger partial charge in [-0.2, -0.15) is 8.78 Å². The molecule has 0 saturated carbocycles. The minimum absolute atomic E-state index is 0.239. The van der Waals surface area contributed by atoms with Gasteiger partial charge in [-0.15, -0.1) is 0 Å². The molecule has 14 heavy (non-hydrogen) atoms. The number of hydrogen-bond acceptors (Lipinski definition) is 2. The summed E-state index contributed by atoms with van der Waals surface area (Å²) in [4.78, 5) is 12.8. The number of hydrogen-bond donors (Lipinski definition) is 0. The molecule has 0 radical (unpaired) electrons. The molecule has 1 rings (SSSR count). The molecule has 76 valence electrons. The summed E-state index contributed by atoms with van der Waals surface area (Å²) in [5.74, 6) is -5.99. The van der Waals surface area contributed by atoms with E-state index in [0.29, 0.717) is 0 Å². The van der Waals surface area contributed by atoms with Crippen LogP contribution in [0.4, 0.5) is 13.3 Å². The Kier molecular flexibility index (Phi) is 3.11. The summed E-state index contributed by atoms with van der Waals surface area (Å²) in [7, 11) is 0. The summed E-state index contributed by atoms with van der Waals surface area (Å²) >= 11 is 0. The molecular weight excluding hydrogens is 197 g/mol. The first-order valence-corrected chi connectivity index (χ1v) is 3.81. The van der Waals surface area contributed by atoms with Gasteiger partial charge >= 0.3 is 11.9 Å². The van der Waals surface area contributed by atoms with Crippen molar-refractivity contribution in [2.24, 2.45) is 0 Å².